The highest BCUT2D eigenvalue weighted by Gasteiger charge is 2.31. The molecule has 0 spiro atoms. The molecule has 4 aromatic rings. The number of nitrogens with zero attached hydrogens (tertiary/aromatic N) is 2. The zero-order chi connectivity index (χ0) is 20.5. The molecule has 1 aliphatic heterocycles. The highest BCUT2D eigenvalue weighted by atomic mass is 16.5. The van der Waals surface area contributed by atoms with Crippen LogP contribution < -0.4 is 4.74 Å². The summed E-state index contributed by atoms with van der Waals surface area (Å²) < 4.78 is 7.73. The molecular formula is C26H24N2O2. The smallest absolute Gasteiger partial charge is 0.254 e. The summed E-state index contributed by atoms with van der Waals surface area (Å²) in [6, 6.07) is 26.2. The van der Waals surface area contributed by atoms with Crippen LogP contribution in [0.1, 0.15) is 34.1 Å². The van der Waals surface area contributed by atoms with E-state index in [1.54, 1.807) is 7.11 Å². The minimum atomic E-state index is -0.156. The first-order chi connectivity index (χ1) is 14.7. The molecule has 1 aromatic heterocycles. The normalized spacial score (nSPS) is 16.2. The maximum absolute atomic E-state index is 13.8. The van der Waals surface area contributed by atoms with Crippen LogP contribution in [-0.2, 0) is 6.54 Å². The lowest BCUT2D eigenvalue weighted by molar-refractivity contribution is 0.0709. The van der Waals surface area contributed by atoms with Crippen molar-refractivity contribution in [2.45, 2.75) is 19.0 Å². The van der Waals surface area contributed by atoms with Gasteiger partial charge in [-0.3, -0.25) is 4.79 Å². The lowest BCUT2D eigenvalue weighted by Gasteiger charge is -2.31. The van der Waals surface area contributed by atoms with Crippen LogP contribution in [0.5, 0.6) is 5.75 Å². The van der Waals surface area contributed by atoms with Gasteiger partial charge in [-0.1, -0.05) is 42.5 Å². The Kier molecular flexibility index (Phi) is 4.75. The minimum Gasteiger partial charge on any atom is -0.497 e. The standard InChI is InChI=1S/C26H24N2O2/c1-30-23-10-4-9-21(18-23)25-24-11-5-14-27(24)15-6-16-28(25)26(29)22-13-12-19-7-2-3-8-20(19)17-22/h2-5,7-14,17-18,25H,6,15-16H2,1H3. The predicted octanol–water partition coefficient (Wildman–Crippen LogP) is 5.29. The van der Waals surface area contributed by atoms with E-state index < -0.39 is 0 Å². The van der Waals surface area contributed by atoms with E-state index in [1.165, 1.54) is 0 Å². The number of aryl methyl sites for hydroxylation is 1. The molecule has 1 aliphatic rings. The van der Waals surface area contributed by atoms with Gasteiger partial charge >= 0.3 is 0 Å². The molecule has 0 bridgehead atoms. The quantitative estimate of drug-likeness (QED) is 0.472. The number of fused-ring (bicyclic) bond motifs is 2. The van der Waals surface area contributed by atoms with Crippen molar-refractivity contribution in [1.82, 2.24) is 9.47 Å². The molecule has 0 fully saturated rings. The number of carbonyl (C=O) groups is 1. The first kappa shape index (κ1) is 18.5. The highest BCUT2D eigenvalue weighted by molar-refractivity contribution is 5.99. The van der Waals surface area contributed by atoms with Crippen LogP contribution in [0.3, 0.4) is 0 Å². The van der Waals surface area contributed by atoms with E-state index in [0.717, 1.165) is 46.3 Å². The second-order valence-electron chi connectivity index (χ2n) is 7.72. The van der Waals surface area contributed by atoms with E-state index in [9.17, 15) is 4.79 Å². The van der Waals surface area contributed by atoms with Gasteiger partial charge in [0.05, 0.1) is 13.2 Å². The van der Waals surface area contributed by atoms with Gasteiger partial charge in [0.15, 0.2) is 0 Å². The molecule has 1 amide bonds. The topological polar surface area (TPSA) is 34.5 Å². The number of ether oxygens (including phenoxy) is 1. The Morgan fingerprint density at radius 2 is 1.77 bits per heavy atom. The van der Waals surface area contributed by atoms with Crippen LogP contribution in [0.15, 0.2) is 85.1 Å². The maximum Gasteiger partial charge on any atom is 0.254 e. The number of carbonyl (C=O) groups excluding carboxylic acids is 1. The van der Waals surface area contributed by atoms with Crippen molar-refractivity contribution >= 4 is 16.7 Å². The molecule has 0 aliphatic carbocycles. The monoisotopic (exact) mass is 396 g/mol. The van der Waals surface area contributed by atoms with Crippen molar-refractivity contribution < 1.29 is 9.53 Å². The average molecular weight is 396 g/mol. The number of rotatable bonds is 3. The van der Waals surface area contributed by atoms with Gasteiger partial charge in [-0.15, -0.1) is 0 Å². The van der Waals surface area contributed by atoms with Crippen molar-refractivity contribution in [2.24, 2.45) is 0 Å². The van der Waals surface area contributed by atoms with Gasteiger partial charge in [0.1, 0.15) is 5.75 Å². The van der Waals surface area contributed by atoms with E-state index in [4.69, 9.17) is 4.74 Å². The van der Waals surface area contributed by atoms with Gasteiger partial charge in [0.25, 0.3) is 5.91 Å². The number of aromatic nitrogens is 1. The van der Waals surface area contributed by atoms with Crippen molar-refractivity contribution in [3.05, 3.63) is 102 Å². The summed E-state index contributed by atoms with van der Waals surface area (Å²) in [4.78, 5) is 15.8. The third-order valence-electron chi connectivity index (χ3n) is 5.92. The molecule has 0 radical (unpaired) electrons. The molecule has 1 atom stereocenters. The molecule has 3 aromatic carbocycles. The van der Waals surface area contributed by atoms with E-state index in [1.807, 2.05) is 53.4 Å². The molecule has 0 saturated heterocycles. The van der Waals surface area contributed by atoms with Crippen molar-refractivity contribution in [3.8, 4) is 5.75 Å². The molecule has 0 N–H and O–H groups in total. The van der Waals surface area contributed by atoms with E-state index in [2.05, 4.69) is 41.1 Å². The molecule has 30 heavy (non-hydrogen) atoms. The molecule has 1 unspecified atom stereocenters. The van der Waals surface area contributed by atoms with Crippen LogP contribution in [0, 0.1) is 0 Å². The average Bonchev–Trinajstić information content (AvgIpc) is 3.18. The maximum atomic E-state index is 13.8. The number of amides is 1. The number of hydrogen-bond acceptors (Lipinski definition) is 2. The van der Waals surface area contributed by atoms with Crippen LogP contribution >= 0.6 is 0 Å². The lowest BCUT2D eigenvalue weighted by Crippen LogP contribution is -2.35. The Morgan fingerprint density at radius 1 is 0.900 bits per heavy atom. The number of hydrogen-bond donors (Lipinski definition) is 0. The Bertz CT molecular complexity index is 1210. The SMILES string of the molecule is COc1cccc(C2c3cccn3CCCN2C(=O)c2ccc3ccccc3c2)c1. The lowest BCUT2D eigenvalue weighted by atomic mass is 9.99. The first-order valence-electron chi connectivity index (χ1n) is 10.3. The van der Waals surface area contributed by atoms with E-state index in [-0.39, 0.29) is 11.9 Å². The first-order valence-corrected chi connectivity index (χ1v) is 10.3. The number of methoxy groups -OCH3 is 1. The minimum absolute atomic E-state index is 0.0585. The Labute approximate surface area is 176 Å². The van der Waals surface area contributed by atoms with Gasteiger partial charge in [0, 0.05) is 30.5 Å². The van der Waals surface area contributed by atoms with Crippen molar-refractivity contribution in [2.75, 3.05) is 13.7 Å². The van der Waals surface area contributed by atoms with Crippen LogP contribution in [0.25, 0.3) is 10.8 Å². The summed E-state index contributed by atoms with van der Waals surface area (Å²) in [5.41, 5.74) is 2.92. The predicted molar refractivity (Wildman–Crippen MR) is 119 cm³/mol. The van der Waals surface area contributed by atoms with Gasteiger partial charge in [-0.25, -0.2) is 0 Å². The third kappa shape index (κ3) is 3.24. The zero-order valence-corrected chi connectivity index (χ0v) is 17.0. The Hall–Kier alpha value is -3.53. The Balaban J connectivity index is 1.61. The van der Waals surface area contributed by atoms with E-state index in [0.29, 0.717) is 6.54 Å². The van der Waals surface area contributed by atoms with Crippen LogP contribution in [0.4, 0.5) is 0 Å². The van der Waals surface area contributed by atoms with E-state index >= 15 is 0 Å². The summed E-state index contributed by atoms with van der Waals surface area (Å²) in [7, 11) is 1.67. The van der Waals surface area contributed by atoms with Crippen LogP contribution in [0.2, 0.25) is 0 Å². The van der Waals surface area contributed by atoms with Gasteiger partial charge in [0.2, 0.25) is 0 Å². The molecule has 2 heterocycles. The summed E-state index contributed by atoms with van der Waals surface area (Å²) in [6.45, 7) is 1.61. The summed E-state index contributed by atoms with van der Waals surface area (Å²) in [6.07, 6.45) is 3.02. The summed E-state index contributed by atoms with van der Waals surface area (Å²) in [5, 5.41) is 2.22. The van der Waals surface area contributed by atoms with Gasteiger partial charge < -0.3 is 14.2 Å². The molecule has 0 saturated carbocycles. The largest absolute Gasteiger partial charge is 0.497 e. The van der Waals surface area contributed by atoms with Crippen molar-refractivity contribution in [3.63, 3.8) is 0 Å². The fourth-order valence-electron chi connectivity index (χ4n) is 4.45. The molecule has 4 nitrogen and oxygen atoms in total. The Morgan fingerprint density at radius 3 is 2.63 bits per heavy atom. The molecule has 150 valence electrons. The van der Waals surface area contributed by atoms with Crippen LogP contribution in [-0.4, -0.2) is 29.0 Å². The fourth-order valence-corrected chi connectivity index (χ4v) is 4.45. The highest BCUT2D eigenvalue weighted by Crippen LogP contribution is 2.34. The fraction of sp³-hybridized carbons (Fsp3) is 0.192. The molecule has 4 heteroatoms. The van der Waals surface area contributed by atoms with Crippen molar-refractivity contribution in [1.29, 1.82) is 0 Å². The number of benzene rings is 3. The third-order valence-corrected chi connectivity index (χ3v) is 5.92. The second-order valence-corrected chi connectivity index (χ2v) is 7.72. The summed E-state index contributed by atoms with van der Waals surface area (Å²) in [5.74, 6) is 0.858. The zero-order valence-electron chi connectivity index (χ0n) is 17.0. The molecule has 5 rings (SSSR count). The summed E-state index contributed by atoms with van der Waals surface area (Å²) >= 11 is 0. The molecular weight excluding hydrogens is 372 g/mol. The second kappa shape index (κ2) is 7.71. The van der Waals surface area contributed by atoms with Gasteiger partial charge in [-0.05, 0) is 59.2 Å². The van der Waals surface area contributed by atoms with Gasteiger partial charge in [-0.2, -0.15) is 0 Å².